The first-order valence-corrected chi connectivity index (χ1v) is 7.44. The van der Waals surface area contributed by atoms with Crippen LogP contribution >= 0.6 is 23.2 Å². The second-order valence-electron chi connectivity index (χ2n) is 4.49. The second-order valence-corrected chi connectivity index (χ2v) is 5.25. The Morgan fingerprint density at radius 1 is 1.24 bits per heavy atom. The Morgan fingerprint density at radius 2 is 2.00 bits per heavy atom. The number of pyridine rings is 1. The summed E-state index contributed by atoms with van der Waals surface area (Å²) < 4.78 is 33.3. The number of halogens is 4. The number of rotatable bonds is 6. The maximum atomic E-state index is 12.1. The van der Waals surface area contributed by atoms with E-state index in [2.05, 4.69) is 15.0 Å². The number of carbonyl (C=O) groups is 2. The smallest absolute Gasteiger partial charge is 0.387 e. The number of nitrogens with zero attached hydrogens (tertiary/aromatic N) is 1. The summed E-state index contributed by atoms with van der Waals surface area (Å²) in [5, 5.41) is 2.23. The van der Waals surface area contributed by atoms with E-state index in [0.717, 1.165) is 0 Å². The van der Waals surface area contributed by atoms with Gasteiger partial charge in [-0.15, -0.1) is 0 Å². The second kappa shape index (κ2) is 8.59. The van der Waals surface area contributed by atoms with Crippen molar-refractivity contribution in [3.05, 3.63) is 52.3 Å². The predicted octanol–water partition coefficient (Wildman–Crippen LogP) is 3.79. The van der Waals surface area contributed by atoms with E-state index in [1.165, 1.54) is 36.5 Å². The molecule has 0 radical (unpaired) electrons. The van der Waals surface area contributed by atoms with E-state index >= 15 is 0 Å². The van der Waals surface area contributed by atoms with E-state index in [9.17, 15) is 18.4 Å². The molecular formula is C15H10Cl2F2N2O4. The molecule has 2 aromatic rings. The van der Waals surface area contributed by atoms with Crippen LogP contribution < -0.4 is 10.1 Å². The molecule has 0 aliphatic rings. The largest absolute Gasteiger partial charge is 0.452 e. The van der Waals surface area contributed by atoms with E-state index in [4.69, 9.17) is 27.9 Å². The molecule has 0 atom stereocenters. The first kappa shape index (κ1) is 18.9. The molecular weight excluding hydrogens is 381 g/mol. The molecule has 6 nitrogen and oxygen atoms in total. The summed E-state index contributed by atoms with van der Waals surface area (Å²) in [5.41, 5.74) is 0.237. The van der Waals surface area contributed by atoms with Crippen molar-refractivity contribution in [2.45, 2.75) is 6.61 Å². The molecule has 1 heterocycles. The first-order valence-electron chi connectivity index (χ1n) is 6.68. The molecule has 0 aliphatic heterocycles. The third-order valence-corrected chi connectivity index (χ3v) is 3.34. The molecule has 1 aromatic heterocycles. The van der Waals surface area contributed by atoms with E-state index in [1.54, 1.807) is 0 Å². The van der Waals surface area contributed by atoms with Crippen LogP contribution in [0, 0.1) is 0 Å². The zero-order chi connectivity index (χ0) is 18.4. The molecule has 1 aromatic carbocycles. The van der Waals surface area contributed by atoms with Crippen molar-refractivity contribution in [2.24, 2.45) is 0 Å². The summed E-state index contributed by atoms with van der Waals surface area (Å²) in [7, 11) is 0. The fourth-order valence-electron chi connectivity index (χ4n) is 1.71. The van der Waals surface area contributed by atoms with Gasteiger partial charge in [0.25, 0.3) is 5.91 Å². The zero-order valence-corrected chi connectivity index (χ0v) is 13.9. The number of carbonyl (C=O) groups excluding carboxylic acids is 2. The highest BCUT2D eigenvalue weighted by Crippen LogP contribution is 2.28. The van der Waals surface area contributed by atoms with Gasteiger partial charge in [0, 0.05) is 11.9 Å². The monoisotopic (exact) mass is 390 g/mol. The average molecular weight is 391 g/mol. The number of benzene rings is 1. The Hall–Kier alpha value is -2.45. The Kier molecular flexibility index (Phi) is 6.49. The average Bonchev–Trinajstić information content (AvgIpc) is 2.55. The number of aromatic nitrogens is 1. The van der Waals surface area contributed by atoms with Gasteiger partial charge in [0.1, 0.15) is 10.9 Å². The van der Waals surface area contributed by atoms with Crippen molar-refractivity contribution in [1.82, 2.24) is 4.98 Å². The van der Waals surface area contributed by atoms with Crippen LogP contribution in [0.5, 0.6) is 5.75 Å². The van der Waals surface area contributed by atoms with Crippen molar-refractivity contribution in [1.29, 1.82) is 0 Å². The van der Waals surface area contributed by atoms with E-state index < -0.39 is 25.1 Å². The quantitative estimate of drug-likeness (QED) is 0.599. The first-order chi connectivity index (χ1) is 11.9. The minimum Gasteiger partial charge on any atom is -0.452 e. The van der Waals surface area contributed by atoms with Gasteiger partial charge in [0.05, 0.1) is 10.6 Å². The minimum atomic E-state index is -3.02. The Bertz CT molecular complexity index is 790. The summed E-state index contributed by atoms with van der Waals surface area (Å²) in [5.74, 6) is -1.70. The molecule has 0 saturated heterocycles. The molecule has 132 valence electrons. The van der Waals surface area contributed by atoms with Gasteiger partial charge in [-0.2, -0.15) is 8.78 Å². The number of hydrogen-bond donors (Lipinski definition) is 1. The molecule has 2 rings (SSSR count). The molecule has 10 heteroatoms. The molecule has 0 bridgehead atoms. The van der Waals surface area contributed by atoms with Gasteiger partial charge < -0.3 is 14.8 Å². The van der Waals surface area contributed by atoms with Gasteiger partial charge in [-0.05, 0) is 30.3 Å². The van der Waals surface area contributed by atoms with Gasteiger partial charge >= 0.3 is 12.6 Å². The lowest BCUT2D eigenvalue weighted by molar-refractivity contribution is -0.119. The predicted molar refractivity (Wildman–Crippen MR) is 86.2 cm³/mol. The van der Waals surface area contributed by atoms with E-state index in [-0.39, 0.29) is 27.2 Å². The Morgan fingerprint density at radius 3 is 2.64 bits per heavy atom. The van der Waals surface area contributed by atoms with Crippen LogP contribution in [0.1, 0.15) is 10.4 Å². The number of ether oxygens (including phenoxy) is 2. The molecule has 1 amide bonds. The highest BCUT2D eigenvalue weighted by atomic mass is 35.5. The Labute approximate surface area is 150 Å². The maximum absolute atomic E-state index is 12.1. The summed E-state index contributed by atoms with van der Waals surface area (Å²) in [6.07, 6.45) is 1.40. The van der Waals surface area contributed by atoms with Gasteiger partial charge in [0.2, 0.25) is 0 Å². The number of esters is 1. The molecule has 25 heavy (non-hydrogen) atoms. The Balaban J connectivity index is 1.91. The van der Waals surface area contributed by atoms with Crippen molar-refractivity contribution < 1.29 is 27.8 Å². The number of nitrogens with one attached hydrogen (secondary N) is 1. The summed E-state index contributed by atoms with van der Waals surface area (Å²) >= 11 is 11.5. The van der Waals surface area contributed by atoms with Gasteiger partial charge in [-0.25, -0.2) is 9.78 Å². The van der Waals surface area contributed by atoms with Gasteiger partial charge in [-0.3, -0.25) is 4.79 Å². The normalized spacial score (nSPS) is 10.4. The van der Waals surface area contributed by atoms with Crippen LogP contribution in [-0.4, -0.2) is 30.1 Å². The number of alkyl halides is 2. The lowest BCUT2D eigenvalue weighted by Crippen LogP contribution is -2.21. The number of anilines is 1. The highest BCUT2D eigenvalue weighted by Gasteiger charge is 2.15. The van der Waals surface area contributed by atoms with Crippen LogP contribution in [0.25, 0.3) is 0 Å². The highest BCUT2D eigenvalue weighted by molar-refractivity contribution is 6.32. The fourth-order valence-corrected chi connectivity index (χ4v) is 2.14. The van der Waals surface area contributed by atoms with Crippen LogP contribution in [0.15, 0.2) is 36.5 Å². The number of amides is 1. The number of hydrogen-bond acceptors (Lipinski definition) is 5. The third kappa shape index (κ3) is 5.54. The lowest BCUT2D eigenvalue weighted by Gasteiger charge is -2.10. The van der Waals surface area contributed by atoms with Crippen LogP contribution in [0.4, 0.5) is 14.5 Å². The van der Waals surface area contributed by atoms with E-state index in [0.29, 0.717) is 0 Å². The fraction of sp³-hybridized carbons (Fsp3) is 0.133. The summed E-state index contributed by atoms with van der Waals surface area (Å²) in [6.45, 7) is -3.60. The minimum absolute atomic E-state index is 0.0218. The topological polar surface area (TPSA) is 77.5 Å². The van der Waals surface area contributed by atoms with E-state index in [1.807, 2.05) is 0 Å². The molecule has 0 fully saturated rings. The summed E-state index contributed by atoms with van der Waals surface area (Å²) in [4.78, 5) is 27.3. The van der Waals surface area contributed by atoms with Gasteiger partial charge in [0.15, 0.2) is 6.61 Å². The van der Waals surface area contributed by atoms with Crippen molar-refractivity contribution in [3.63, 3.8) is 0 Å². The summed E-state index contributed by atoms with van der Waals surface area (Å²) in [6, 6.07) is 6.59. The van der Waals surface area contributed by atoms with Gasteiger partial charge in [-0.1, -0.05) is 23.2 Å². The van der Waals surface area contributed by atoms with Crippen molar-refractivity contribution in [2.75, 3.05) is 11.9 Å². The van der Waals surface area contributed by atoms with Crippen LogP contribution in [0.2, 0.25) is 10.2 Å². The molecule has 0 unspecified atom stereocenters. The SMILES string of the molecule is O=C(COC(=O)c1cccnc1Cl)Nc1ccc(OC(F)F)c(Cl)c1. The molecule has 1 N–H and O–H groups in total. The third-order valence-electron chi connectivity index (χ3n) is 2.75. The molecule has 0 saturated carbocycles. The van der Waals surface area contributed by atoms with Crippen LogP contribution in [-0.2, 0) is 9.53 Å². The molecule has 0 aliphatic carbocycles. The lowest BCUT2D eigenvalue weighted by atomic mass is 10.3. The van der Waals surface area contributed by atoms with Crippen molar-refractivity contribution in [3.8, 4) is 5.75 Å². The van der Waals surface area contributed by atoms with Crippen molar-refractivity contribution >= 4 is 40.8 Å². The standard InChI is InChI=1S/C15H10Cl2F2N2O4/c16-10-6-8(3-4-11(10)25-15(18)19)21-12(22)7-24-14(23)9-2-1-5-20-13(9)17/h1-6,15H,7H2,(H,21,22). The zero-order valence-electron chi connectivity index (χ0n) is 12.3. The molecule has 0 spiro atoms. The van der Waals surface area contributed by atoms with Crippen LogP contribution in [0.3, 0.4) is 0 Å². The maximum Gasteiger partial charge on any atom is 0.387 e.